The molecule has 1 amide bonds. The normalized spacial score (nSPS) is 18.8. The molecule has 0 atom stereocenters. The van der Waals surface area contributed by atoms with Crippen molar-refractivity contribution in [1.82, 2.24) is 24.1 Å². The second kappa shape index (κ2) is 10.8. The van der Waals surface area contributed by atoms with Gasteiger partial charge in [-0.25, -0.2) is 4.98 Å². The summed E-state index contributed by atoms with van der Waals surface area (Å²) in [7, 11) is 1.73. The highest BCUT2D eigenvalue weighted by Crippen LogP contribution is 2.24. The minimum atomic E-state index is 0.0717. The average molecular weight is 442 g/mol. The van der Waals surface area contributed by atoms with Crippen LogP contribution < -0.4 is 0 Å². The largest absolute Gasteiger partial charge is 0.383 e. The van der Waals surface area contributed by atoms with Gasteiger partial charge in [-0.15, -0.1) is 0 Å². The van der Waals surface area contributed by atoms with E-state index < -0.39 is 0 Å². The van der Waals surface area contributed by atoms with Gasteiger partial charge in [-0.3, -0.25) is 14.6 Å². The quantitative estimate of drug-likeness (QED) is 0.629. The molecule has 2 aromatic rings. The monoisotopic (exact) mass is 441 g/mol. The third kappa shape index (κ3) is 5.16. The molecule has 0 spiro atoms. The maximum absolute atomic E-state index is 13.6. The minimum absolute atomic E-state index is 0.0717. The first-order chi connectivity index (χ1) is 15.6. The summed E-state index contributed by atoms with van der Waals surface area (Å²) >= 11 is 0. The minimum Gasteiger partial charge on any atom is -0.383 e. The first-order valence-corrected chi connectivity index (χ1v) is 12.3. The molecule has 0 unspecified atom stereocenters. The zero-order valence-electron chi connectivity index (χ0n) is 20.0. The van der Waals surface area contributed by atoms with E-state index in [1.807, 2.05) is 29.3 Å². The Labute approximate surface area is 192 Å². The smallest absolute Gasteiger partial charge is 0.274 e. The number of hydrogen-bond donors (Lipinski definition) is 0. The molecular weight excluding hydrogens is 402 g/mol. The van der Waals surface area contributed by atoms with Crippen molar-refractivity contribution >= 4 is 11.6 Å². The Balaban J connectivity index is 1.51. The fourth-order valence-electron chi connectivity index (χ4n) is 5.18. The van der Waals surface area contributed by atoms with Crippen molar-refractivity contribution in [2.24, 2.45) is 0 Å². The summed E-state index contributed by atoms with van der Waals surface area (Å²) in [6, 6.07) is 7.03. The van der Waals surface area contributed by atoms with Crippen LogP contribution in [0, 0.1) is 0 Å². The molecule has 2 aromatic heterocycles. The van der Waals surface area contributed by atoms with Crippen molar-refractivity contribution in [3.05, 3.63) is 35.8 Å². The number of rotatable bonds is 8. The van der Waals surface area contributed by atoms with Gasteiger partial charge < -0.3 is 14.0 Å². The first-order valence-electron chi connectivity index (χ1n) is 12.3. The Morgan fingerprint density at radius 1 is 1.16 bits per heavy atom. The van der Waals surface area contributed by atoms with Crippen LogP contribution in [0.3, 0.4) is 0 Å². The molecule has 1 saturated carbocycles. The second-order valence-electron chi connectivity index (χ2n) is 9.51. The summed E-state index contributed by atoms with van der Waals surface area (Å²) in [6.07, 6.45) is 8.73. The molecule has 176 valence electrons. The predicted molar refractivity (Wildman–Crippen MR) is 127 cm³/mol. The van der Waals surface area contributed by atoms with E-state index in [-0.39, 0.29) is 5.91 Å². The van der Waals surface area contributed by atoms with E-state index in [0.717, 1.165) is 44.1 Å². The molecule has 0 N–H and O–H groups in total. The van der Waals surface area contributed by atoms with Crippen LogP contribution in [0.2, 0.25) is 0 Å². The highest BCUT2D eigenvalue weighted by atomic mass is 16.5. The van der Waals surface area contributed by atoms with Crippen LogP contribution in [-0.2, 0) is 11.3 Å². The molecule has 0 bridgehead atoms. The Morgan fingerprint density at radius 2 is 1.91 bits per heavy atom. The van der Waals surface area contributed by atoms with Gasteiger partial charge in [-0.2, -0.15) is 0 Å². The molecule has 1 saturated heterocycles. The zero-order chi connectivity index (χ0) is 22.5. The number of aromatic nitrogens is 2. The van der Waals surface area contributed by atoms with Gasteiger partial charge in [-0.05, 0) is 38.8 Å². The summed E-state index contributed by atoms with van der Waals surface area (Å²) in [4.78, 5) is 25.4. The van der Waals surface area contributed by atoms with E-state index in [1.165, 1.54) is 32.1 Å². The van der Waals surface area contributed by atoms with Crippen molar-refractivity contribution in [3.63, 3.8) is 0 Å². The average Bonchev–Trinajstić information content (AvgIpc) is 3.20. The van der Waals surface area contributed by atoms with Gasteiger partial charge in [0.25, 0.3) is 5.91 Å². The lowest BCUT2D eigenvalue weighted by Crippen LogP contribution is -2.52. The van der Waals surface area contributed by atoms with E-state index in [4.69, 9.17) is 9.72 Å². The Morgan fingerprint density at radius 3 is 2.59 bits per heavy atom. The maximum Gasteiger partial charge on any atom is 0.274 e. The maximum atomic E-state index is 13.6. The van der Waals surface area contributed by atoms with Crippen molar-refractivity contribution < 1.29 is 9.53 Å². The number of pyridine rings is 1. The van der Waals surface area contributed by atoms with E-state index in [0.29, 0.717) is 30.9 Å². The molecule has 0 radical (unpaired) electrons. The third-order valence-corrected chi connectivity index (χ3v) is 7.19. The van der Waals surface area contributed by atoms with Crippen molar-refractivity contribution in [1.29, 1.82) is 0 Å². The summed E-state index contributed by atoms with van der Waals surface area (Å²) < 4.78 is 7.40. The van der Waals surface area contributed by atoms with Crippen LogP contribution in [0.1, 0.15) is 62.1 Å². The van der Waals surface area contributed by atoms with E-state index in [1.54, 1.807) is 7.11 Å². The van der Waals surface area contributed by atoms with Gasteiger partial charge in [0.1, 0.15) is 5.65 Å². The second-order valence-corrected chi connectivity index (χ2v) is 9.51. The molecular formula is C25H39N5O2. The Bertz CT molecular complexity index is 882. The molecule has 3 heterocycles. The number of ether oxygens (including phenoxy) is 1. The van der Waals surface area contributed by atoms with Gasteiger partial charge in [0.15, 0.2) is 5.69 Å². The van der Waals surface area contributed by atoms with Crippen molar-refractivity contribution in [3.8, 4) is 0 Å². The number of amides is 1. The highest BCUT2D eigenvalue weighted by molar-refractivity contribution is 5.94. The summed E-state index contributed by atoms with van der Waals surface area (Å²) in [6.45, 7) is 10.1. The van der Waals surface area contributed by atoms with Crippen molar-refractivity contribution in [2.45, 2.75) is 64.6 Å². The zero-order valence-corrected chi connectivity index (χ0v) is 20.0. The van der Waals surface area contributed by atoms with Crippen LogP contribution in [0.15, 0.2) is 24.4 Å². The SMILES string of the molecule is COCCN(Cc1c(C(=O)N2CCN(C3CCCCC3)CC2)nc2ccccn12)C(C)C. The molecule has 0 aromatic carbocycles. The van der Waals surface area contributed by atoms with Gasteiger partial charge in [0, 0.05) is 64.7 Å². The number of carbonyl (C=O) groups is 1. The number of carbonyl (C=O) groups excluding carboxylic acids is 1. The number of methoxy groups -OCH3 is 1. The van der Waals surface area contributed by atoms with Gasteiger partial charge in [-0.1, -0.05) is 25.3 Å². The van der Waals surface area contributed by atoms with Gasteiger partial charge >= 0.3 is 0 Å². The number of piperazine rings is 1. The number of fused-ring (bicyclic) bond motifs is 1. The standard InChI is InChI=1S/C25H39N5O2/c1-20(2)29(17-18-32-3)19-22-24(26-23-11-7-8-12-30(22)23)25(31)28-15-13-27(14-16-28)21-9-5-4-6-10-21/h7-8,11-12,20-21H,4-6,9-10,13-19H2,1-3H3. The number of hydrogen-bond acceptors (Lipinski definition) is 5. The molecule has 32 heavy (non-hydrogen) atoms. The number of imidazole rings is 1. The fourth-order valence-corrected chi connectivity index (χ4v) is 5.18. The lowest BCUT2D eigenvalue weighted by molar-refractivity contribution is 0.0516. The van der Waals surface area contributed by atoms with Crippen molar-refractivity contribution in [2.75, 3.05) is 46.4 Å². The number of nitrogens with zero attached hydrogens (tertiary/aromatic N) is 5. The van der Waals surface area contributed by atoms with Crippen LogP contribution >= 0.6 is 0 Å². The lowest BCUT2D eigenvalue weighted by Gasteiger charge is -2.40. The fraction of sp³-hybridized carbons (Fsp3) is 0.680. The molecule has 7 nitrogen and oxygen atoms in total. The summed E-state index contributed by atoms with van der Waals surface area (Å²) in [5.41, 5.74) is 2.41. The lowest BCUT2D eigenvalue weighted by atomic mass is 9.94. The van der Waals surface area contributed by atoms with Crippen LogP contribution in [0.4, 0.5) is 0 Å². The molecule has 2 fully saturated rings. The molecule has 4 rings (SSSR count). The Kier molecular flexibility index (Phi) is 7.81. The highest BCUT2D eigenvalue weighted by Gasteiger charge is 2.30. The summed E-state index contributed by atoms with van der Waals surface area (Å²) in [5.74, 6) is 0.0717. The Hall–Kier alpha value is -1.96. The molecule has 7 heteroatoms. The van der Waals surface area contributed by atoms with Crippen LogP contribution in [-0.4, -0.2) is 88.5 Å². The molecule has 1 aliphatic carbocycles. The summed E-state index contributed by atoms with van der Waals surface area (Å²) in [5, 5.41) is 0. The third-order valence-electron chi connectivity index (χ3n) is 7.19. The van der Waals surface area contributed by atoms with E-state index in [9.17, 15) is 4.79 Å². The van der Waals surface area contributed by atoms with Crippen LogP contribution in [0.25, 0.3) is 5.65 Å². The van der Waals surface area contributed by atoms with Gasteiger partial charge in [0.05, 0.1) is 12.3 Å². The predicted octanol–water partition coefficient (Wildman–Crippen LogP) is 3.28. The topological polar surface area (TPSA) is 53.3 Å². The van der Waals surface area contributed by atoms with E-state index in [2.05, 4.69) is 28.0 Å². The van der Waals surface area contributed by atoms with Crippen LogP contribution in [0.5, 0.6) is 0 Å². The van der Waals surface area contributed by atoms with Gasteiger partial charge in [0.2, 0.25) is 0 Å². The van der Waals surface area contributed by atoms with E-state index >= 15 is 0 Å². The first kappa shape index (κ1) is 23.2. The molecule has 2 aliphatic rings. The molecule has 1 aliphatic heterocycles.